The van der Waals surface area contributed by atoms with E-state index in [9.17, 15) is 0 Å². The molecule has 0 spiro atoms. The van der Waals surface area contributed by atoms with Crippen molar-refractivity contribution < 1.29 is 0 Å². The van der Waals surface area contributed by atoms with Gasteiger partial charge in [-0.15, -0.1) is 0 Å². The molecule has 0 saturated heterocycles. The first-order valence-electron chi connectivity index (χ1n) is 4.60. The highest BCUT2D eigenvalue weighted by Crippen LogP contribution is 2.03. The maximum Gasteiger partial charge on any atom is 0.161 e. The van der Waals surface area contributed by atoms with Crippen molar-refractivity contribution in [3.8, 4) is 0 Å². The first kappa shape index (κ1) is 10.7. The van der Waals surface area contributed by atoms with Crippen LogP contribution in [0.25, 0.3) is 0 Å². The number of rotatable bonds is 2. The predicted molar refractivity (Wildman–Crippen MR) is 56.9 cm³/mol. The van der Waals surface area contributed by atoms with Crippen LogP contribution >= 0.6 is 0 Å². The Morgan fingerprint density at radius 2 is 2.29 bits per heavy atom. The Labute approximate surface area is 84.0 Å². The maximum atomic E-state index is 5.41. The summed E-state index contributed by atoms with van der Waals surface area (Å²) in [6.07, 6.45) is 0. The van der Waals surface area contributed by atoms with Crippen LogP contribution in [0.4, 0.5) is 0 Å². The number of aliphatic imine (C=N–C) groups is 1. The Hall–Kier alpha value is -1.36. The summed E-state index contributed by atoms with van der Waals surface area (Å²) in [6, 6.07) is 2.15. The van der Waals surface area contributed by atoms with E-state index in [2.05, 4.69) is 15.5 Å². The number of nitrogens with one attached hydrogen (secondary N) is 1. The zero-order valence-corrected chi connectivity index (χ0v) is 9.07. The SMILES string of the molecule is Cc1cc(C(=NC(C)C)NN)n(C)n1. The lowest BCUT2D eigenvalue weighted by Gasteiger charge is -2.07. The second kappa shape index (κ2) is 4.23. The molecule has 1 heterocycles. The summed E-state index contributed by atoms with van der Waals surface area (Å²) in [5, 5.41) is 4.23. The molecule has 5 nitrogen and oxygen atoms in total. The van der Waals surface area contributed by atoms with Crippen LogP contribution in [0.3, 0.4) is 0 Å². The third-order valence-electron chi connectivity index (χ3n) is 1.77. The topological polar surface area (TPSA) is 68.2 Å². The number of hydrogen-bond donors (Lipinski definition) is 2. The number of nitrogens with zero attached hydrogens (tertiary/aromatic N) is 3. The fourth-order valence-electron chi connectivity index (χ4n) is 1.27. The molecule has 0 fully saturated rings. The number of aromatic nitrogens is 2. The van der Waals surface area contributed by atoms with Crippen LogP contribution in [0.5, 0.6) is 0 Å². The molecular formula is C9H17N5. The van der Waals surface area contributed by atoms with Gasteiger partial charge in [0.1, 0.15) is 5.69 Å². The van der Waals surface area contributed by atoms with E-state index in [0.717, 1.165) is 11.4 Å². The van der Waals surface area contributed by atoms with Gasteiger partial charge in [0.05, 0.1) is 5.69 Å². The van der Waals surface area contributed by atoms with Crippen LogP contribution in [-0.2, 0) is 7.05 Å². The normalized spacial score (nSPS) is 12.3. The minimum absolute atomic E-state index is 0.205. The standard InChI is InChI=1S/C9H17N5/c1-6(2)11-9(12-10)8-5-7(3)13-14(8)4/h5-6H,10H2,1-4H3,(H,11,12). The number of nitrogens with two attached hydrogens (primary N) is 1. The highest BCUT2D eigenvalue weighted by Gasteiger charge is 2.08. The molecule has 5 heteroatoms. The van der Waals surface area contributed by atoms with Crippen molar-refractivity contribution in [2.24, 2.45) is 17.9 Å². The lowest BCUT2D eigenvalue weighted by Crippen LogP contribution is -2.33. The number of hydrogen-bond acceptors (Lipinski definition) is 3. The summed E-state index contributed by atoms with van der Waals surface area (Å²) in [6.45, 7) is 5.94. The highest BCUT2D eigenvalue weighted by atomic mass is 15.3. The first-order chi connectivity index (χ1) is 6.54. The van der Waals surface area contributed by atoms with Gasteiger partial charge in [-0.05, 0) is 26.8 Å². The highest BCUT2D eigenvalue weighted by molar-refractivity contribution is 5.97. The molecular weight excluding hydrogens is 178 g/mol. The molecule has 0 aromatic carbocycles. The van der Waals surface area contributed by atoms with Crippen LogP contribution in [0.15, 0.2) is 11.1 Å². The molecule has 0 aliphatic carbocycles. The first-order valence-corrected chi connectivity index (χ1v) is 4.60. The molecule has 14 heavy (non-hydrogen) atoms. The van der Waals surface area contributed by atoms with E-state index in [0.29, 0.717) is 5.84 Å². The van der Waals surface area contributed by atoms with Gasteiger partial charge in [0.25, 0.3) is 0 Å². The molecule has 0 aliphatic heterocycles. The lowest BCUT2D eigenvalue weighted by atomic mass is 10.3. The minimum Gasteiger partial charge on any atom is -0.307 e. The summed E-state index contributed by atoms with van der Waals surface area (Å²) >= 11 is 0. The zero-order chi connectivity index (χ0) is 10.7. The Balaban J connectivity index is 3.06. The molecule has 1 aromatic heterocycles. The molecule has 78 valence electrons. The molecule has 1 aromatic rings. The van der Waals surface area contributed by atoms with Crippen LogP contribution in [0.1, 0.15) is 25.2 Å². The van der Waals surface area contributed by atoms with Crippen LogP contribution in [0.2, 0.25) is 0 Å². The second-order valence-corrected chi connectivity index (χ2v) is 3.51. The lowest BCUT2D eigenvalue weighted by molar-refractivity contribution is 0.737. The molecule has 0 atom stereocenters. The van der Waals surface area contributed by atoms with Crippen LogP contribution in [0, 0.1) is 6.92 Å². The van der Waals surface area contributed by atoms with E-state index in [-0.39, 0.29) is 6.04 Å². The average Bonchev–Trinajstić information content (AvgIpc) is 2.41. The van der Waals surface area contributed by atoms with Gasteiger partial charge in [0, 0.05) is 13.1 Å². The van der Waals surface area contributed by atoms with Crippen molar-refractivity contribution in [3.63, 3.8) is 0 Å². The largest absolute Gasteiger partial charge is 0.307 e. The maximum absolute atomic E-state index is 5.41. The van der Waals surface area contributed by atoms with E-state index in [1.165, 1.54) is 0 Å². The predicted octanol–water partition coefficient (Wildman–Crippen LogP) is 0.347. The number of hydrazine groups is 1. The number of amidine groups is 1. The molecule has 0 aliphatic rings. The van der Waals surface area contributed by atoms with Crippen LogP contribution < -0.4 is 11.3 Å². The Morgan fingerprint density at radius 1 is 1.64 bits per heavy atom. The van der Waals surface area contributed by atoms with Crippen molar-refractivity contribution in [1.82, 2.24) is 15.2 Å². The molecule has 0 unspecified atom stereocenters. The summed E-state index contributed by atoms with van der Waals surface area (Å²) in [5.74, 6) is 6.08. The van der Waals surface area contributed by atoms with Crippen molar-refractivity contribution in [3.05, 3.63) is 17.5 Å². The molecule has 0 amide bonds. The van der Waals surface area contributed by atoms with Gasteiger partial charge >= 0.3 is 0 Å². The zero-order valence-electron chi connectivity index (χ0n) is 9.07. The number of aryl methyl sites for hydroxylation is 2. The average molecular weight is 195 g/mol. The second-order valence-electron chi connectivity index (χ2n) is 3.51. The van der Waals surface area contributed by atoms with Crippen molar-refractivity contribution >= 4 is 5.84 Å². The third kappa shape index (κ3) is 2.32. The molecule has 1 rings (SSSR count). The minimum atomic E-state index is 0.205. The van der Waals surface area contributed by atoms with Crippen LogP contribution in [-0.4, -0.2) is 21.7 Å². The van der Waals surface area contributed by atoms with Crippen molar-refractivity contribution in [1.29, 1.82) is 0 Å². The Bertz CT molecular complexity index is 337. The summed E-state index contributed by atoms with van der Waals surface area (Å²) in [5.41, 5.74) is 4.45. The molecule has 0 radical (unpaired) electrons. The van der Waals surface area contributed by atoms with Gasteiger partial charge < -0.3 is 5.43 Å². The van der Waals surface area contributed by atoms with Crippen molar-refractivity contribution in [2.45, 2.75) is 26.8 Å². The van der Waals surface area contributed by atoms with Gasteiger partial charge in [0.15, 0.2) is 5.84 Å². The fourth-order valence-corrected chi connectivity index (χ4v) is 1.27. The van der Waals surface area contributed by atoms with E-state index < -0.39 is 0 Å². The van der Waals surface area contributed by atoms with Gasteiger partial charge in [-0.2, -0.15) is 5.10 Å². The Kier molecular flexibility index (Phi) is 3.24. The quantitative estimate of drug-likeness (QED) is 0.309. The van der Waals surface area contributed by atoms with E-state index >= 15 is 0 Å². The summed E-state index contributed by atoms with van der Waals surface area (Å²) in [4.78, 5) is 4.36. The monoisotopic (exact) mass is 195 g/mol. The van der Waals surface area contributed by atoms with E-state index in [4.69, 9.17) is 5.84 Å². The van der Waals surface area contributed by atoms with E-state index in [1.54, 1.807) is 4.68 Å². The summed E-state index contributed by atoms with van der Waals surface area (Å²) < 4.78 is 1.76. The molecule has 3 N–H and O–H groups in total. The van der Waals surface area contributed by atoms with Crippen molar-refractivity contribution in [2.75, 3.05) is 0 Å². The molecule has 0 saturated carbocycles. The Morgan fingerprint density at radius 3 is 2.64 bits per heavy atom. The fraction of sp³-hybridized carbons (Fsp3) is 0.556. The summed E-state index contributed by atoms with van der Waals surface area (Å²) in [7, 11) is 1.87. The third-order valence-corrected chi connectivity index (χ3v) is 1.77. The van der Waals surface area contributed by atoms with Gasteiger partial charge in [-0.25, -0.2) is 5.84 Å². The van der Waals surface area contributed by atoms with Gasteiger partial charge in [-0.1, -0.05) is 0 Å². The van der Waals surface area contributed by atoms with E-state index in [1.807, 2.05) is 33.9 Å². The van der Waals surface area contributed by atoms with Gasteiger partial charge in [0.2, 0.25) is 0 Å². The molecule has 0 bridgehead atoms. The van der Waals surface area contributed by atoms with Gasteiger partial charge in [-0.3, -0.25) is 9.67 Å². The smallest absolute Gasteiger partial charge is 0.161 e.